The number of hydrogen-bond donors (Lipinski definition) is 1. The number of thioether (sulfide) groups is 1. The minimum atomic E-state index is 0.883. The van der Waals surface area contributed by atoms with Gasteiger partial charge in [-0.15, -0.1) is 0 Å². The molecule has 1 N–H and O–H groups in total. The van der Waals surface area contributed by atoms with E-state index in [1.165, 1.54) is 44.0 Å². The molecule has 86 valence electrons. The average molecular weight is 226 g/mol. The van der Waals surface area contributed by atoms with Crippen LogP contribution in [0.4, 0.5) is 0 Å². The summed E-state index contributed by atoms with van der Waals surface area (Å²) >= 11 is 2.15. The second-order valence-electron chi connectivity index (χ2n) is 5.27. The van der Waals surface area contributed by atoms with Gasteiger partial charge in [0.1, 0.15) is 0 Å². The maximum Gasteiger partial charge on any atom is 0.0197 e. The van der Waals surface area contributed by atoms with Gasteiger partial charge >= 0.3 is 0 Å². The van der Waals surface area contributed by atoms with Crippen LogP contribution in [0.15, 0.2) is 0 Å². The Hall–Kier alpha value is 0.270. The van der Waals surface area contributed by atoms with Gasteiger partial charge < -0.3 is 5.32 Å². The highest BCUT2D eigenvalue weighted by molar-refractivity contribution is 7.99. The van der Waals surface area contributed by atoms with Crippen molar-refractivity contribution in [3.8, 4) is 0 Å². The number of fused-ring (bicyclic) bond motifs is 1. The third-order valence-corrected chi connectivity index (χ3v) is 5.70. The molecule has 3 heteroatoms. The predicted molar refractivity (Wildman–Crippen MR) is 66.4 cm³/mol. The Morgan fingerprint density at radius 2 is 2.33 bits per heavy atom. The monoisotopic (exact) mass is 226 g/mol. The molecule has 3 heterocycles. The minimum Gasteiger partial charge on any atom is -0.316 e. The summed E-state index contributed by atoms with van der Waals surface area (Å²) in [7, 11) is 0. The summed E-state index contributed by atoms with van der Waals surface area (Å²) in [4.78, 5) is 2.86. The lowest BCUT2D eigenvalue weighted by atomic mass is 9.92. The van der Waals surface area contributed by atoms with Crippen LogP contribution in [0.2, 0.25) is 0 Å². The Kier molecular flexibility index (Phi) is 2.97. The molecule has 3 rings (SSSR count). The van der Waals surface area contributed by atoms with Gasteiger partial charge in [0.25, 0.3) is 0 Å². The molecule has 0 aromatic rings. The van der Waals surface area contributed by atoms with Gasteiger partial charge in [-0.1, -0.05) is 6.92 Å². The molecule has 0 saturated carbocycles. The van der Waals surface area contributed by atoms with Gasteiger partial charge in [-0.25, -0.2) is 0 Å². The van der Waals surface area contributed by atoms with Crippen LogP contribution in [0.25, 0.3) is 0 Å². The van der Waals surface area contributed by atoms with Crippen molar-refractivity contribution in [3.63, 3.8) is 0 Å². The van der Waals surface area contributed by atoms with Crippen molar-refractivity contribution in [3.05, 3.63) is 0 Å². The molecule has 2 nitrogen and oxygen atoms in total. The summed E-state index contributed by atoms with van der Waals surface area (Å²) < 4.78 is 0. The second-order valence-corrected chi connectivity index (χ2v) is 6.42. The first-order valence-electron chi connectivity index (χ1n) is 6.44. The van der Waals surface area contributed by atoms with Crippen LogP contribution >= 0.6 is 11.8 Å². The molecule has 0 bridgehead atoms. The Bertz CT molecular complexity index is 228. The largest absolute Gasteiger partial charge is 0.316 e. The molecule has 0 aliphatic carbocycles. The van der Waals surface area contributed by atoms with Gasteiger partial charge in [0.15, 0.2) is 0 Å². The summed E-state index contributed by atoms with van der Waals surface area (Å²) in [5.41, 5.74) is 0. The van der Waals surface area contributed by atoms with Crippen molar-refractivity contribution in [2.24, 2.45) is 11.8 Å². The number of nitrogens with one attached hydrogen (secondary N) is 1. The number of nitrogens with zero attached hydrogens (tertiary/aromatic N) is 1. The van der Waals surface area contributed by atoms with Crippen molar-refractivity contribution in [1.29, 1.82) is 0 Å². The molecule has 3 aliphatic rings. The van der Waals surface area contributed by atoms with E-state index in [9.17, 15) is 0 Å². The second kappa shape index (κ2) is 4.27. The zero-order chi connectivity index (χ0) is 10.3. The van der Waals surface area contributed by atoms with Crippen LogP contribution in [-0.4, -0.2) is 48.1 Å². The van der Waals surface area contributed by atoms with E-state index < -0.39 is 0 Å². The highest BCUT2D eigenvalue weighted by Crippen LogP contribution is 2.38. The van der Waals surface area contributed by atoms with Crippen molar-refractivity contribution in [2.75, 3.05) is 31.1 Å². The summed E-state index contributed by atoms with van der Waals surface area (Å²) in [5, 5.41) is 3.57. The fourth-order valence-electron chi connectivity index (χ4n) is 3.80. The van der Waals surface area contributed by atoms with Gasteiger partial charge in [0, 0.05) is 24.4 Å². The SMILES string of the molecule is CCC1C2CNCC2CN1C1CCSC1. The van der Waals surface area contributed by atoms with E-state index in [1.807, 2.05) is 0 Å². The van der Waals surface area contributed by atoms with Crippen molar-refractivity contribution in [1.82, 2.24) is 10.2 Å². The molecule has 4 atom stereocenters. The smallest absolute Gasteiger partial charge is 0.0197 e. The van der Waals surface area contributed by atoms with E-state index in [1.54, 1.807) is 0 Å². The Balaban J connectivity index is 1.73. The fraction of sp³-hybridized carbons (Fsp3) is 1.00. The van der Waals surface area contributed by atoms with E-state index >= 15 is 0 Å². The molecule has 0 aromatic carbocycles. The van der Waals surface area contributed by atoms with Crippen molar-refractivity contribution in [2.45, 2.75) is 31.8 Å². The van der Waals surface area contributed by atoms with E-state index in [0.717, 1.165) is 23.9 Å². The van der Waals surface area contributed by atoms with Gasteiger partial charge in [0.05, 0.1) is 0 Å². The molecule has 3 saturated heterocycles. The van der Waals surface area contributed by atoms with Crippen LogP contribution in [0.1, 0.15) is 19.8 Å². The lowest BCUT2D eigenvalue weighted by molar-refractivity contribution is 0.168. The lowest BCUT2D eigenvalue weighted by Gasteiger charge is -2.31. The molecular formula is C12H22N2S. The van der Waals surface area contributed by atoms with Crippen LogP contribution in [-0.2, 0) is 0 Å². The average Bonchev–Trinajstić information content (AvgIpc) is 2.93. The van der Waals surface area contributed by atoms with Crippen LogP contribution in [0, 0.1) is 11.8 Å². The standard InChI is InChI=1S/C12H22N2S/c1-2-12-11-6-13-5-9(11)7-14(12)10-3-4-15-8-10/h9-13H,2-8H2,1H3. The molecular weight excluding hydrogens is 204 g/mol. The highest BCUT2D eigenvalue weighted by Gasteiger charge is 2.45. The topological polar surface area (TPSA) is 15.3 Å². The third kappa shape index (κ3) is 1.73. The summed E-state index contributed by atoms with van der Waals surface area (Å²) in [6, 6.07) is 1.79. The van der Waals surface area contributed by atoms with Crippen molar-refractivity contribution < 1.29 is 0 Å². The quantitative estimate of drug-likeness (QED) is 0.767. The van der Waals surface area contributed by atoms with Gasteiger partial charge in [-0.2, -0.15) is 11.8 Å². The highest BCUT2D eigenvalue weighted by atomic mass is 32.2. The van der Waals surface area contributed by atoms with Gasteiger partial charge in [-0.3, -0.25) is 4.90 Å². The molecule has 0 amide bonds. The maximum absolute atomic E-state index is 3.57. The Morgan fingerprint density at radius 3 is 3.07 bits per heavy atom. The summed E-state index contributed by atoms with van der Waals surface area (Å²) in [6.45, 7) is 6.30. The molecule has 3 fully saturated rings. The number of hydrogen-bond acceptors (Lipinski definition) is 3. The van der Waals surface area contributed by atoms with Crippen molar-refractivity contribution >= 4 is 11.8 Å². The van der Waals surface area contributed by atoms with E-state index in [4.69, 9.17) is 0 Å². The summed E-state index contributed by atoms with van der Waals surface area (Å²) in [5.74, 6) is 4.70. The molecule has 0 aromatic heterocycles. The van der Waals surface area contributed by atoms with Crippen LogP contribution in [0.3, 0.4) is 0 Å². The molecule has 3 aliphatic heterocycles. The number of likely N-dealkylation sites (tertiary alicyclic amines) is 1. The Labute approximate surface area is 97.2 Å². The zero-order valence-electron chi connectivity index (χ0n) is 9.61. The van der Waals surface area contributed by atoms with E-state index in [2.05, 4.69) is 28.9 Å². The number of rotatable bonds is 2. The fourth-order valence-corrected chi connectivity index (χ4v) is 5.03. The first-order chi connectivity index (χ1) is 7.40. The van der Waals surface area contributed by atoms with Crippen LogP contribution in [0.5, 0.6) is 0 Å². The maximum atomic E-state index is 3.57. The summed E-state index contributed by atoms with van der Waals surface area (Å²) in [6.07, 6.45) is 2.79. The predicted octanol–water partition coefficient (Wildman–Crippen LogP) is 1.42. The third-order valence-electron chi connectivity index (χ3n) is 4.55. The molecule has 4 unspecified atom stereocenters. The molecule has 0 spiro atoms. The first kappa shape index (κ1) is 10.4. The molecule has 0 radical (unpaired) electrons. The zero-order valence-corrected chi connectivity index (χ0v) is 10.4. The molecule has 15 heavy (non-hydrogen) atoms. The van der Waals surface area contributed by atoms with E-state index in [0.29, 0.717) is 0 Å². The van der Waals surface area contributed by atoms with Gasteiger partial charge in [0.2, 0.25) is 0 Å². The van der Waals surface area contributed by atoms with Crippen LogP contribution < -0.4 is 5.32 Å². The normalized spacial score (nSPS) is 46.2. The Morgan fingerprint density at radius 1 is 1.40 bits per heavy atom. The van der Waals surface area contributed by atoms with Gasteiger partial charge in [-0.05, 0) is 43.5 Å². The first-order valence-corrected chi connectivity index (χ1v) is 7.60. The lowest BCUT2D eigenvalue weighted by Crippen LogP contribution is -2.42. The minimum absolute atomic E-state index is 0.883. The van der Waals surface area contributed by atoms with E-state index in [-0.39, 0.29) is 0 Å².